The SMILES string of the molecule is O=c1c2cc(NCC(O)CCl)ccc2ncn1Cc1ccccc1. The topological polar surface area (TPSA) is 67.2 Å². The van der Waals surface area contributed by atoms with Gasteiger partial charge in [-0.25, -0.2) is 4.98 Å². The second kappa shape index (κ2) is 7.47. The molecule has 2 N–H and O–H groups in total. The number of hydrogen-bond donors (Lipinski definition) is 2. The summed E-state index contributed by atoms with van der Waals surface area (Å²) in [4.78, 5) is 17.1. The highest BCUT2D eigenvalue weighted by molar-refractivity contribution is 6.18. The van der Waals surface area contributed by atoms with Crippen molar-refractivity contribution in [2.24, 2.45) is 0 Å². The highest BCUT2D eigenvalue weighted by atomic mass is 35.5. The van der Waals surface area contributed by atoms with Crippen molar-refractivity contribution in [3.63, 3.8) is 0 Å². The number of rotatable bonds is 6. The van der Waals surface area contributed by atoms with Gasteiger partial charge in [-0.3, -0.25) is 9.36 Å². The third-order valence-electron chi connectivity index (χ3n) is 3.74. The van der Waals surface area contributed by atoms with E-state index in [0.29, 0.717) is 24.0 Å². The number of anilines is 1. The van der Waals surface area contributed by atoms with Crippen LogP contribution in [0.3, 0.4) is 0 Å². The highest BCUT2D eigenvalue weighted by Crippen LogP contribution is 2.15. The number of benzene rings is 2. The predicted octanol–water partition coefficient (Wildman–Crippen LogP) is 2.46. The van der Waals surface area contributed by atoms with Crippen LogP contribution in [0.5, 0.6) is 0 Å². The summed E-state index contributed by atoms with van der Waals surface area (Å²) < 4.78 is 1.59. The molecule has 0 aliphatic carbocycles. The summed E-state index contributed by atoms with van der Waals surface area (Å²) in [6.07, 6.45) is 0.938. The van der Waals surface area contributed by atoms with Crippen LogP contribution in [0.4, 0.5) is 5.69 Å². The first-order valence-electron chi connectivity index (χ1n) is 7.68. The first-order valence-corrected chi connectivity index (χ1v) is 8.22. The quantitative estimate of drug-likeness (QED) is 0.675. The van der Waals surface area contributed by atoms with Crippen molar-refractivity contribution in [1.82, 2.24) is 9.55 Å². The van der Waals surface area contributed by atoms with Gasteiger partial charge in [0.2, 0.25) is 0 Å². The maximum atomic E-state index is 12.7. The Morgan fingerprint density at radius 2 is 2.00 bits per heavy atom. The van der Waals surface area contributed by atoms with Crippen LogP contribution in [0, 0.1) is 0 Å². The summed E-state index contributed by atoms with van der Waals surface area (Å²) in [5.74, 6) is 0.159. The van der Waals surface area contributed by atoms with Gasteiger partial charge in [0, 0.05) is 12.2 Å². The number of fused-ring (bicyclic) bond motifs is 1. The van der Waals surface area contributed by atoms with Gasteiger partial charge in [0.1, 0.15) is 0 Å². The van der Waals surface area contributed by atoms with Crippen molar-refractivity contribution < 1.29 is 5.11 Å². The predicted molar refractivity (Wildman–Crippen MR) is 96.8 cm³/mol. The van der Waals surface area contributed by atoms with Crippen molar-refractivity contribution in [3.8, 4) is 0 Å². The lowest BCUT2D eigenvalue weighted by Gasteiger charge is -2.11. The highest BCUT2D eigenvalue weighted by Gasteiger charge is 2.07. The molecule has 6 heteroatoms. The van der Waals surface area contributed by atoms with Gasteiger partial charge in [-0.15, -0.1) is 11.6 Å². The molecular weight excluding hydrogens is 326 g/mol. The smallest absolute Gasteiger partial charge is 0.261 e. The van der Waals surface area contributed by atoms with Crippen LogP contribution in [0.25, 0.3) is 10.9 Å². The maximum absolute atomic E-state index is 12.7. The van der Waals surface area contributed by atoms with Gasteiger partial charge in [0.15, 0.2) is 0 Å². The van der Waals surface area contributed by atoms with Gasteiger partial charge in [-0.1, -0.05) is 30.3 Å². The van der Waals surface area contributed by atoms with E-state index in [-0.39, 0.29) is 11.4 Å². The minimum absolute atomic E-state index is 0.0922. The first-order chi connectivity index (χ1) is 11.7. The Morgan fingerprint density at radius 3 is 2.75 bits per heavy atom. The summed E-state index contributed by atoms with van der Waals surface area (Å²) in [6, 6.07) is 15.2. The normalized spacial score (nSPS) is 12.2. The molecule has 0 aliphatic heterocycles. The Labute approximate surface area is 144 Å². The van der Waals surface area contributed by atoms with E-state index in [1.807, 2.05) is 36.4 Å². The average Bonchev–Trinajstić information content (AvgIpc) is 2.63. The molecule has 3 rings (SSSR count). The monoisotopic (exact) mass is 343 g/mol. The largest absolute Gasteiger partial charge is 0.390 e. The molecule has 0 saturated heterocycles. The van der Waals surface area contributed by atoms with E-state index in [1.54, 1.807) is 23.0 Å². The van der Waals surface area contributed by atoms with Gasteiger partial charge in [-0.05, 0) is 23.8 Å². The van der Waals surface area contributed by atoms with E-state index in [9.17, 15) is 9.90 Å². The van der Waals surface area contributed by atoms with Gasteiger partial charge in [0.05, 0.1) is 35.8 Å². The molecule has 0 amide bonds. The molecule has 1 unspecified atom stereocenters. The molecule has 3 aromatic rings. The fourth-order valence-corrected chi connectivity index (χ4v) is 2.56. The zero-order chi connectivity index (χ0) is 16.9. The molecule has 0 saturated carbocycles. The van der Waals surface area contributed by atoms with Gasteiger partial charge in [-0.2, -0.15) is 0 Å². The van der Waals surface area contributed by atoms with Crippen molar-refractivity contribution in [2.75, 3.05) is 17.7 Å². The molecule has 1 heterocycles. The molecule has 0 aliphatic rings. The van der Waals surface area contributed by atoms with E-state index in [1.165, 1.54) is 0 Å². The Balaban J connectivity index is 1.90. The number of hydrogen-bond acceptors (Lipinski definition) is 4. The van der Waals surface area contributed by atoms with Crippen LogP contribution in [-0.4, -0.2) is 33.2 Å². The van der Waals surface area contributed by atoms with E-state index in [4.69, 9.17) is 11.6 Å². The standard InChI is InChI=1S/C18H18ClN3O2/c19-9-15(23)10-20-14-6-7-17-16(8-14)18(24)22(12-21-17)11-13-4-2-1-3-5-13/h1-8,12,15,20,23H,9-11H2. The molecule has 0 fully saturated rings. The second-order valence-corrected chi connectivity index (χ2v) is 5.89. The Hall–Kier alpha value is -2.37. The molecule has 24 heavy (non-hydrogen) atoms. The third kappa shape index (κ3) is 3.75. The number of alkyl halides is 1. The first kappa shape index (κ1) is 16.5. The minimum Gasteiger partial charge on any atom is -0.390 e. The van der Waals surface area contributed by atoms with Crippen LogP contribution in [0.1, 0.15) is 5.56 Å². The molecule has 0 spiro atoms. The fraction of sp³-hybridized carbons (Fsp3) is 0.222. The lowest BCUT2D eigenvalue weighted by Crippen LogP contribution is -2.22. The molecule has 0 bridgehead atoms. The van der Waals surface area contributed by atoms with Gasteiger partial charge in [0.25, 0.3) is 5.56 Å². The fourth-order valence-electron chi connectivity index (χ4n) is 2.45. The van der Waals surface area contributed by atoms with Crippen molar-refractivity contribution in [3.05, 3.63) is 70.8 Å². The van der Waals surface area contributed by atoms with Crippen molar-refractivity contribution in [2.45, 2.75) is 12.6 Å². The summed E-state index contributed by atoms with van der Waals surface area (Å²) in [7, 11) is 0. The van der Waals surface area contributed by atoms with E-state index >= 15 is 0 Å². The summed E-state index contributed by atoms with van der Waals surface area (Å²) in [5.41, 5.74) is 2.35. The molecule has 1 atom stereocenters. The molecular formula is C18H18ClN3O2. The molecule has 1 aromatic heterocycles. The van der Waals surface area contributed by atoms with Crippen LogP contribution in [0.2, 0.25) is 0 Å². The minimum atomic E-state index is -0.633. The van der Waals surface area contributed by atoms with Crippen LogP contribution in [0.15, 0.2) is 59.7 Å². The van der Waals surface area contributed by atoms with E-state index < -0.39 is 6.10 Å². The zero-order valence-electron chi connectivity index (χ0n) is 13.0. The second-order valence-electron chi connectivity index (χ2n) is 5.58. The summed E-state index contributed by atoms with van der Waals surface area (Å²) >= 11 is 5.58. The summed E-state index contributed by atoms with van der Waals surface area (Å²) in [5, 5.41) is 13.1. The Bertz CT molecular complexity index is 880. The van der Waals surface area contributed by atoms with Gasteiger partial charge >= 0.3 is 0 Å². The Morgan fingerprint density at radius 1 is 1.21 bits per heavy atom. The maximum Gasteiger partial charge on any atom is 0.261 e. The average molecular weight is 344 g/mol. The molecule has 5 nitrogen and oxygen atoms in total. The number of aliphatic hydroxyl groups is 1. The summed E-state index contributed by atoms with van der Waals surface area (Å²) in [6.45, 7) is 0.804. The van der Waals surface area contributed by atoms with Crippen LogP contribution in [-0.2, 0) is 6.54 Å². The number of nitrogens with one attached hydrogen (secondary N) is 1. The zero-order valence-corrected chi connectivity index (χ0v) is 13.8. The van der Waals surface area contributed by atoms with Crippen molar-refractivity contribution >= 4 is 28.2 Å². The van der Waals surface area contributed by atoms with Crippen LogP contribution < -0.4 is 10.9 Å². The number of halogens is 1. The van der Waals surface area contributed by atoms with Crippen molar-refractivity contribution in [1.29, 1.82) is 0 Å². The number of aliphatic hydroxyl groups excluding tert-OH is 1. The molecule has 124 valence electrons. The van der Waals surface area contributed by atoms with Crippen LogP contribution >= 0.6 is 11.6 Å². The molecule has 2 aromatic carbocycles. The molecule has 0 radical (unpaired) electrons. The number of nitrogens with zero attached hydrogens (tertiary/aromatic N) is 2. The van der Waals surface area contributed by atoms with Gasteiger partial charge < -0.3 is 10.4 Å². The number of aromatic nitrogens is 2. The lowest BCUT2D eigenvalue weighted by atomic mass is 10.2. The van der Waals surface area contributed by atoms with E-state index in [0.717, 1.165) is 11.3 Å². The third-order valence-corrected chi connectivity index (χ3v) is 4.10. The Kier molecular flexibility index (Phi) is 5.13. The lowest BCUT2D eigenvalue weighted by molar-refractivity contribution is 0.211. The van der Waals surface area contributed by atoms with E-state index in [2.05, 4.69) is 10.3 Å².